The van der Waals surface area contributed by atoms with E-state index >= 15 is 0 Å². The summed E-state index contributed by atoms with van der Waals surface area (Å²) in [6, 6.07) is 1.13. The molecule has 0 bridgehead atoms. The number of carbonyl (C=O) groups excluding carboxylic acids is 1. The van der Waals surface area contributed by atoms with Crippen LogP contribution in [0.4, 0.5) is 0 Å². The summed E-state index contributed by atoms with van der Waals surface area (Å²) in [5, 5.41) is 3.48. The SMILES string of the molecule is Cl.Cl.O=C(CC1CSCCN1)N1CCCC(N2CCCC2)CC1. The summed E-state index contributed by atoms with van der Waals surface area (Å²) < 4.78 is 0. The number of halogens is 2. The first-order chi connectivity index (χ1) is 10.3. The standard InChI is InChI=1S/C16H29N3OS.2ClH/c20-16(12-14-13-21-11-6-17-14)19-9-3-4-15(5-10-19)18-7-1-2-8-18;;/h14-15,17H,1-13H2;2*1H. The van der Waals surface area contributed by atoms with E-state index in [0.29, 0.717) is 18.4 Å². The third-order valence-electron chi connectivity index (χ3n) is 5.13. The van der Waals surface area contributed by atoms with Gasteiger partial charge in [0.1, 0.15) is 0 Å². The molecular weight excluding hydrogens is 353 g/mol. The maximum absolute atomic E-state index is 12.5. The molecular formula is C16H31Cl2N3OS. The molecule has 2 atom stereocenters. The Kier molecular flexibility index (Phi) is 10.3. The highest BCUT2D eigenvalue weighted by Gasteiger charge is 2.27. The highest BCUT2D eigenvalue weighted by molar-refractivity contribution is 7.99. The van der Waals surface area contributed by atoms with Gasteiger partial charge in [0.2, 0.25) is 5.91 Å². The molecule has 0 aromatic carbocycles. The molecule has 3 fully saturated rings. The third-order valence-corrected chi connectivity index (χ3v) is 6.26. The van der Waals surface area contributed by atoms with Crippen LogP contribution in [0.1, 0.15) is 38.5 Å². The van der Waals surface area contributed by atoms with E-state index in [-0.39, 0.29) is 24.8 Å². The average Bonchev–Trinajstić information content (AvgIpc) is 2.93. The Morgan fingerprint density at radius 2 is 1.83 bits per heavy atom. The molecule has 0 aromatic rings. The normalized spacial score (nSPS) is 29.3. The van der Waals surface area contributed by atoms with Gasteiger partial charge in [0.25, 0.3) is 0 Å². The van der Waals surface area contributed by atoms with Crippen molar-refractivity contribution in [3.63, 3.8) is 0 Å². The van der Waals surface area contributed by atoms with Crippen molar-refractivity contribution in [2.45, 2.75) is 50.6 Å². The zero-order valence-electron chi connectivity index (χ0n) is 13.9. The minimum Gasteiger partial charge on any atom is -0.343 e. The Balaban J connectivity index is 0.00000132. The van der Waals surface area contributed by atoms with Crippen molar-refractivity contribution in [2.75, 3.05) is 44.2 Å². The molecule has 3 heterocycles. The third kappa shape index (κ3) is 6.28. The van der Waals surface area contributed by atoms with Gasteiger partial charge >= 0.3 is 0 Å². The summed E-state index contributed by atoms with van der Waals surface area (Å²) in [7, 11) is 0. The van der Waals surface area contributed by atoms with Gasteiger partial charge in [0.05, 0.1) is 0 Å². The fourth-order valence-electron chi connectivity index (χ4n) is 3.89. The van der Waals surface area contributed by atoms with Crippen LogP contribution in [0.25, 0.3) is 0 Å². The second-order valence-electron chi connectivity index (χ2n) is 6.64. The summed E-state index contributed by atoms with van der Waals surface area (Å²) in [4.78, 5) is 17.3. The number of amides is 1. The topological polar surface area (TPSA) is 35.6 Å². The maximum atomic E-state index is 12.5. The highest BCUT2D eigenvalue weighted by atomic mass is 35.5. The Labute approximate surface area is 157 Å². The molecule has 4 nitrogen and oxygen atoms in total. The van der Waals surface area contributed by atoms with Crippen molar-refractivity contribution in [1.82, 2.24) is 15.1 Å². The molecule has 7 heteroatoms. The average molecular weight is 384 g/mol. The van der Waals surface area contributed by atoms with E-state index in [0.717, 1.165) is 31.4 Å². The van der Waals surface area contributed by atoms with Crippen molar-refractivity contribution < 1.29 is 4.79 Å². The molecule has 1 amide bonds. The van der Waals surface area contributed by atoms with E-state index in [4.69, 9.17) is 0 Å². The Morgan fingerprint density at radius 3 is 2.52 bits per heavy atom. The maximum Gasteiger partial charge on any atom is 0.224 e. The lowest BCUT2D eigenvalue weighted by atomic mass is 10.1. The first kappa shape index (κ1) is 21.4. The van der Waals surface area contributed by atoms with Gasteiger partial charge in [-0.2, -0.15) is 11.8 Å². The summed E-state index contributed by atoms with van der Waals surface area (Å²) in [5.74, 6) is 2.65. The minimum atomic E-state index is 0. The molecule has 0 aromatic heterocycles. The number of thioether (sulfide) groups is 1. The van der Waals surface area contributed by atoms with Crippen LogP contribution in [0, 0.1) is 0 Å². The van der Waals surface area contributed by atoms with Crippen molar-refractivity contribution >= 4 is 42.5 Å². The highest BCUT2D eigenvalue weighted by Crippen LogP contribution is 2.22. The zero-order chi connectivity index (χ0) is 14.5. The summed E-state index contributed by atoms with van der Waals surface area (Å²) in [6.07, 6.45) is 7.06. The van der Waals surface area contributed by atoms with Crippen LogP contribution >= 0.6 is 36.6 Å². The molecule has 1 N–H and O–H groups in total. The van der Waals surface area contributed by atoms with Gasteiger partial charge in [-0.3, -0.25) is 4.79 Å². The van der Waals surface area contributed by atoms with Crippen LogP contribution < -0.4 is 5.32 Å². The molecule has 0 radical (unpaired) electrons. The quantitative estimate of drug-likeness (QED) is 0.811. The molecule has 3 saturated heterocycles. The number of likely N-dealkylation sites (tertiary alicyclic amines) is 2. The van der Waals surface area contributed by atoms with Crippen molar-refractivity contribution in [3.8, 4) is 0 Å². The number of hydrogen-bond acceptors (Lipinski definition) is 4. The van der Waals surface area contributed by atoms with Gasteiger partial charge < -0.3 is 15.1 Å². The van der Waals surface area contributed by atoms with Gasteiger partial charge in [0, 0.05) is 49.6 Å². The van der Waals surface area contributed by atoms with Crippen molar-refractivity contribution in [2.24, 2.45) is 0 Å². The Bertz CT molecular complexity index is 350. The van der Waals surface area contributed by atoms with Gasteiger partial charge in [0.15, 0.2) is 0 Å². The smallest absolute Gasteiger partial charge is 0.224 e. The molecule has 3 aliphatic rings. The van der Waals surface area contributed by atoms with E-state index in [2.05, 4.69) is 15.1 Å². The fourth-order valence-corrected chi connectivity index (χ4v) is 4.84. The lowest BCUT2D eigenvalue weighted by molar-refractivity contribution is -0.131. The molecule has 0 saturated carbocycles. The monoisotopic (exact) mass is 383 g/mol. The van der Waals surface area contributed by atoms with Crippen LogP contribution in [0.5, 0.6) is 0 Å². The number of hydrogen-bond donors (Lipinski definition) is 1. The second kappa shape index (κ2) is 11.0. The number of rotatable bonds is 3. The molecule has 23 heavy (non-hydrogen) atoms. The molecule has 3 aliphatic heterocycles. The molecule has 0 aliphatic carbocycles. The first-order valence-corrected chi connectivity index (χ1v) is 9.81. The molecule has 136 valence electrons. The molecule has 3 rings (SSSR count). The van der Waals surface area contributed by atoms with Crippen molar-refractivity contribution in [1.29, 1.82) is 0 Å². The molecule has 0 spiro atoms. The first-order valence-electron chi connectivity index (χ1n) is 8.66. The van der Waals surface area contributed by atoms with E-state index < -0.39 is 0 Å². The van der Waals surface area contributed by atoms with E-state index in [1.165, 1.54) is 50.9 Å². The summed E-state index contributed by atoms with van der Waals surface area (Å²) in [6.45, 7) is 5.56. The minimum absolute atomic E-state index is 0. The van der Waals surface area contributed by atoms with Crippen LogP contribution in [0.3, 0.4) is 0 Å². The van der Waals surface area contributed by atoms with Gasteiger partial charge in [-0.25, -0.2) is 0 Å². The Hall–Kier alpha value is 0.320. The second-order valence-corrected chi connectivity index (χ2v) is 7.79. The van der Waals surface area contributed by atoms with Crippen LogP contribution in [-0.4, -0.2) is 72.0 Å². The van der Waals surface area contributed by atoms with Crippen LogP contribution in [-0.2, 0) is 4.79 Å². The van der Waals surface area contributed by atoms with E-state index in [9.17, 15) is 4.79 Å². The largest absolute Gasteiger partial charge is 0.343 e. The van der Waals surface area contributed by atoms with Gasteiger partial charge in [-0.05, 0) is 45.2 Å². The summed E-state index contributed by atoms with van der Waals surface area (Å²) in [5.41, 5.74) is 0. The predicted molar refractivity (Wildman–Crippen MR) is 103 cm³/mol. The number of nitrogens with zero attached hydrogens (tertiary/aromatic N) is 2. The molecule has 2 unspecified atom stereocenters. The van der Waals surface area contributed by atoms with Gasteiger partial charge in [-0.15, -0.1) is 24.8 Å². The van der Waals surface area contributed by atoms with Crippen LogP contribution in [0.2, 0.25) is 0 Å². The van der Waals surface area contributed by atoms with Crippen molar-refractivity contribution in [3.05, 3.63) is 0 Å². The summed E-state index contributed by atoms with van der Waals surface area (Å²) >= 11 is 1.97. The lowest BCUT2D eigenvalue weighted by Crippen LogP contribution is -2.43. The Morgan fingerprint density at radius 1 is 1.04 bits per heavy atom. The van der Waals surface area contributed by atoms with Crippen LogP contribution in [0.15, 0.2) is 0 Å². The number of nitrogens with one attached hydrogen (secondary N) is 1. The van der Waals surface area contributed by atoms with E-state index in [1.807, 2.05) is 11.8 Å². The fraction of sp³-hybridized carbons (Fsp3) is 0.938. The lowest BCUT2D eigenvalue weighted by Gasteiger charge is -2.28. The predicted octanol–water partition coefficient (Wildman–Crippen LogP) is 2.40. The number of carbonyl (C=O) groups is 1. The van der Waals surface area contributed by atoms with E-state index in [1.54, 1.807) is 0 Å². The van der Waals surface area contributed by atoms with Gasteiger partial charge in [-0.1, -0.05) is 0 Å². The zero-order valence-corrected chi connectivity index (χ0v) is 16.3.